The van der Waals surface area contributed by atoms with Crippen LogP contribution in [0.15, 0.2) is 30.6 Å². The predicted octanol–water partition coefficient (Wildman–Crippen LogP) is 3.34. The average molecular weight is 236 g/mol. The number of aryl methyl sites for hydroxylation is 1. The highest BCUT2D eigenvalue weighted by atomic mass is 35.5. The van der Waals surface area contributed by atoms with Crippen molar-refractivity contribution in [3.63, 3.8) is 0 Å². The summed E-state index contributed by atoms with van der Waals surface area (Å²) in [4.78, 5) is 13.7. The summed E-state index contributed by atoms with van der Waals surface area (Å²) in [6.45, 7) is 1.90. The van der Waals surface area contributed by atoms with Crippen molar-refractivity contribution < 1.29 is 9.90 Å². The number of nitrogens with one attached hydrogen (secondary N) is 1. The lowest BCUT2D eigenvalue weighted by Crippen LogP contribution is -1.95. The minimum absolute atomic E-state index is 0.250. The van der Waals surface area contributed by atoms with E-state index in [1.54, 1.807) is 12.3 Å². The Morgan fingerprint density at radius 1 is 1.38 bits per heavy atom. The number of hydrogen-bond donors (Lipinski definition) is 2. The smallest absolute Gasteiger partial charge is 0.337 e. The zero-order chi connectivity index (χ0) is 11.7. The summed E-state index contributed by atoms with van der Waals surface area (Å²) in [6.07, 6.45) is 3.12. The molecular weight excluding hydrogens is 226 g/mol. The Morgan fingerprint density at radius 3 is 2.75 bits per heavy atom. The molecular formula is C12H10ClNO2. The van der Waals surface area contributed by atoms with Crippen LogP contribution in [0, 0.1) is 6.92 Å². The van der Waals surface area contributed by atoms with E-state index in [0.717, 1.165) is 11.1 Å². The third-order valence-corrected chi connectivity index (χ3v) is 2.87. The molecule has 2 N–H and O–H groups in total. The van der Waals surface area contributed by atoms with E-state index < -0.39 is 5.97 Å². The van der Waals surface area contributed by atoms with Crippen molar-refractivity contribution in [2.75, 3.05) is 0 Å². The second-order valence-corrected chi connectivity index (χ2v) is 3.96. The SMILES string of the molecule is Cc1ccc(-c2c[nH]cc2C(=O)O)cc1Cl. The molecule has 2 rings (SSSR count). The third kappa shape index (κ3) is 1.82. The molecule has 1 aromatic heterocycles. The number of carboxylic acids is 1. The maximum atomic E-state index is 11.0. The molecule has 0 unspecified atom stereocenters. The lowest BCUT2D eigenvalue weighted by Gasteiger charge is -2.03. The summed E-state index contributed by atoms with van der Waals surface area (Å²) < 4.78 is 0. The summed E-state index contributed by atoms with van der Waals surface area (Å²) in [5.41, 5.74) is 2.67. The molecule has 0 aliphatic heterocycles. The maximum absolute atomic E-state index is 11.0. The van der Waals surface area contributed by atoms with Gasteiger partial charge in [0.05, 0.1) is 5.56 Å². The average Bonchev–Trinajstić information content (AvgIpc) is 2.71. The van der Waals surface area contributed by atoms with Crippen molar-refractivity contribution in [3.05, 3.63) is 46.7 Å². The number of rotatable bonds is 2. The van der Waals surface area contributed by atoms with E-state index in [-0.39, 0.29) is 5.56 Å². The van der Waals surface area contributed by atoms with Crippen molar-refractivity contribution in [1.82, 2.24) is 4.98 Å². The summed E-state index contributed by atoms with van der Waals surface area (Å²) in [6, 6.07) is 5.50. The van der Waals surface area contributed by atoms with E-state index in [1.807, 2.05) is 19.1 Å². The number of halogens is 1. The zero-order valence-corrected chi connectivity index (χ0v) is 9.38. The fraction of sp³-hybridized carbons (Fsp3) is 0.0833. The van der Waals surface area contributed by atoms with Gasteiger partial charge < -0.3 is 10.1 Å². The molecule has 1 heterocycles. The number of carboxylic acid groups (broad SMARTS) is 1. The van der Waals surface area contributed by atoms with Crippen LogP contribution in [0.4, 0.5) is 0 Å². The van der Waals surface area contributed by atoms with E-state index in [4.69, 9.17) is 16.7 Å². The van der Waals surface area contributed by atoms with E-state index in [0.29, 0.717) is 10.6 Å². The number of hydrogen-bond acceptors (Lipinski definition) is 1. The van der Waals surface area contributed by atoms with E-state index in [1.165, 1.54) is 6.20 Å². The van der Waals surface area contributed by atoms with Gasteiger partial charge in [-0.05, 0) is 24.1 Å². The largest absolute Gasteiger partial charge is 0.478 e. The summed E-state index contributed by atoms with van der Waals surface area (Å²) in [7, 11) is 0. The Hall–Kier alpha value is -1.74. The van der Waals surface area contributed by atoms with Gasteiger partial charge in [0.1, 0.15) is 0 Å². The highest BCUT2D eigenvalue weighted by Gasteiger charge is 2.12. The topological polar surface area (TPSA) is 53.1 Å². The summed E-state index contributed by atoms with van der Waals surface area (Å²) in [5, 5.41) is 9.62. The van der Waals surface area contributed by atoms with Crippen molar-refractivity contribution in [2.24, 2.45) is 0 Å². The van der Waals surface area contributed by atoms with E-state index in [9.17, 15) is 4.79 Å². The number of benzene rings is 1. The van der Waals surface area contributed by atoms with Crippen LogP contribution in [0.3, 0.4) is 0 Å². The molecule has 0 saturated carbocycles. The molecule has 0 saturated heterocycles. The fourth-order valence-electron chi connectivity index (χ4n) is 1.54. The van der Waals surface area contributed by atoms with Gasteiger partial charge in [-0.1, -0.05) is 23.7 Å². The molecule has 0 bridgehead atoms. The van der Waals surface area contributed by atoms with Crippen LogP contribution in [0.1, 0.15) is 15.9 Å². The van der Waals surface area contributed by atoms with Gasteiger partial charge in [-0.15, -0.1) is 0 Å². The van der Waals surface area contributed by atoms with Crippen LogP contribution in [0.25, 0.3) is 11.1 Å². The van der Waals surface area contributed by atoms with Crippen LogP contribution >= 0.6 is 11.6 Å². The first-order valence-electron chi connectivity index (χ1n) is 4.76. The van der Waals surface area contributed by atoms with Gasteiger partial charge in [0, 0.05) is 23.0 Å². The molecule has 1 aromatic carbocycles. The number of H-pyrrole nitrogens is 1. The summed E-state index contributed by atoms with van der Waals surface area (Å²) >= 11 is 6.01. The Labute approximate surface area is 97.7 Å². The molecule has 16 heavy (non-hydrogen) atoms. The first-order valence-corrected chi connectivity index (χ1v) is 5.14. The van der Waals surface area contributed by atoms with Gasteiger partial charge in [0.25, 0.3) is 0 Å². The monoisotopic (exact) mass is 235 g/mol. The van der Waals surface area contributed by atoms with Crippen molar-refractivity contribution >= 4 is 17.6 Å². The van der Waals surface area contributed by atoms with Crippen LogP contribution in [0.2, 0.25) is 5.02 Å². The molecule has 0 amide bonds. The Balaban J connectivity index is 2.54. The second kappa shape index (κ2) is 4.02. The molecule has 0 aliphatic carbocycles. The van der Waals surface area contributed by atoms with Crippen LogP contribution in [-0.2, 0) is 0 Å². The van der Waals surface area contributed by atoms with Gasteiger partial charge in [0.2, 0.25) is 0 Å². The Kier molecular flexibility index (Phi) is 2.71. The molecule has 4 heteroatoms. The standard InChI is InChI=1S/C12H10ClNO2/c1-7-2-3-8(4-11(7)13)9-5-14-6-10(9)12(15)16/h2-6,14H,1H3,(H,15,16). The van der Waals surface area contributed by atoms with Gasteiger partial charge in [-0.2, -0.15) is 0 Å². The number of carbonyl (C=O) groups is 1. The normalized spacial score (nSPS) is 10.4. The number of aromatic amines is 1. The molecule has 82 valence electrons. The van der Waals surface area contributed by atoms with Crippen LogP contribution in [0.5, 0.6) is 0 Å². The maximum Gasteiger partial charge on any atom is 0.337 e. The zero-order valence-electron chi connectivity index (χ0n) is 8.62. The van der Waals surface area contributed by atoms with Crippen LogP contribution in [-0.4, -0.2) is 16.1 Å². The minimum atomic E-state index is -0.951. The predicted molar refractivity (Wildman–Crippen MR) is 62.9 cm³/mol. The highest BCUT2D eigenvalue weighted by molar-refractivity contribution is 6.31. The van der Waals surface area contributed by atoms with Crippen LogP contribution < -0.4 is 0 Å². The number of aromatic nitrogens is 1. The molecule has 0 atom stereocenters. The van der Waals surface area contributed by atoms with E-state index >= 15 is 0 Å². The van der Waals surface area contributed by atoms with Gasteiger partial charge >= 0.3 is 5.97 Å². The fourth-order valence-corrected chi connectivity index (χ4v) is 1.72. The van der Waals surface area contributed by atoms with Crippen molar-refractivity contribution in [3.8, 4) is 11.1 Å². The minimum Gasteiger partial charge on any atom is -0.478 e. The lowest BCUT2D eigenvalue weighted by molar-refractivity contribution is 0.0698. The van der Waals surface area contributed by atoms with Gasteiger partial charge in [0.15, 0.2) is 0 Å². The Bertz CT molecular complexity index is 546. The molecule has 0 aliphatic rings. The van der Waals surface area contributed by atoms with Crippen molar-refractivity contribution in [2.45, 2.75) is 6.92 Å². The van der Waals surface area contributed by atoms with Crippen molar-refractivity contribution in [1.29, 1.82) is 0 Å². The summed E-state index contributed by atoms with van der Waals surface area (Å²) in [5.74, 6) is -0.951. The first-order chi connectivity index (χ1) is 7.59. The molecule has 2 aromatic rings. The number of aromatic carboxylic acids is 1. The second-order valence-electron chi connectivity index (χ2n) is 3.55. The highest BCUT2D eigenvalue weighted by Crippen LogP contribution is 2.27. The van der Waals surface area contributed by atoms with Gasteiger partial charge in [-0.3, -0.25) is 0 Å². The first kappa shape index (κ1) is 10.8. The Morgan fingerprint density at radius 2 is 2.12 bits per heavy atom. The van der Waals surface area contributed by atoms with E-state index in [2.05, 4.69) is 4.98 Å². The van der Waals surface area contributed by atoms with Gasteiger partial charge in [-0.25, -0.2) is 4.79 Å². The quantitative estimate of drug-likeness (QED) is 0.839. The molecule has 3 nitrogen and oxygen atoms in total. The molecule has 0 radical (unpaired) electrons. The third-order valence-electron chi connectivity index (χ3n) is 2.46. The molecule has 0 fully saturated rings. The lowest BCUT2D eigenvalue weighted by atomic mass is 10.0. The molecule has 0 spiro atoms.